The number of rotatable bonds is 5. The molecule has 1 amide bonds. The molecule has 27 heavy (non-hydrogen) atoms. The summed E-state index contributed by atoms with van der Waals surface area (Å²) in [6.07, 6.45) is -9.68. The minimum absolute atomic E-state index is 0.306. The number of anilines is 1. The quantitative estimate of drug-likeness (QED) is 0.702. The minimum Gasteiger partial charge on any atom is -0.351 e. The first-order valence-corrected chi connectivity index (χ1v) is 7.90. The highest BCUT2D eigenvalue weighted by Crippen LogP contribution is 2.35. The van der Waals surface area contributed by atoms with Gasteiger partial charge in [0.2, 0.25) is 5.91 Å². The second-order valence-electron chi connectivity index (χ2n) is 6.30. The van der Waals surface area contributed by atoms with E-state index in [1.54, 1.807) is 13.8 Å². The fourth-order valence-electron chi connectivity index (χ4n) is 2.37. The highest BCUT2D eigenvalue weighted by molar-refractivity contribution is 5.85. The Bertz CT molecular complexity index is 721. The first-order valence-electron chi connectivity index (χ1n) is 7.90. The molecule has 1 aromatic rings. The number of hydrogen-bond acceptors (Lipinski definition) is 3. The Labute approximate surface area is 153 Å². The molecule has 0 aromatic heterocycles. The molecule has 0 bridgehead atoms. The van der Waals surface area contributed by atoms with Crippen molar-refractivity contribution >= 4 is 11.6 Å². The number of carbonyl (C=O) groups excluding carboxylic acids is 1. The molecule has 0 aliphatic heterocycles. The van der Waals surface area contributed by atoms with Gasteiger partial charge in [0.25, 0.3) is 0 Å². The Hall–Kier alpha value is -2.44. The van der Waals surface area contributed by atoms with Crippen LogP contribution in [0.3, 0.4) is 0 Å². The third-order valence-electron chi connectivity index (χ3n) is 4.06. The van der Waals surface area contributed by atoms with Gasteiger partial charge in [0.15, 0.2) is 0 Å². The van der Waals surface area contributed by atoms with Gasteiger partial charge in [-0.2, -0.15) is 31.6 Å². The topological polar surface area (TPSA) is 47.3 Å². The summed E-state index contributed by atoms with van der Waals surface area (Å²) in [4.78, 5) is 14.2. The Morgan fingerprint density at radius 1 is 1.15 bits per heavy atom. The van der Waals surface area contributed by atoms with E-state index in [9.17, 15) is 31.1 Å². The summed E-state index contributed by atoms with van der Waals surface area (Å²) in [5.74, 6) is -0.674. The van der Waals surface area contributed by atoms with Crippen LogP contribution in [0.25, 0.3) is 0 Å². The fraction of sp³-hybridized carbons (Fsp3) is 0.529. The Morgan fingerprint density at radius 3 is 2.11 bits per heavy atom. The van der Waals surface area contributed by atoms with Gasteiger partial charge in [0.05, 0.1) is 17.2 Å². The number of carbonyl (C=O) groups is 1. The lowest BCUT2D eigenvalue weighted by atomic mass is 10.1. The van der Waals surface area contributed by atoms with Gasteiger partial charge in [-0.25, -0.2) is 0 Å². The molecule has 1 rings (SSSR count). The van der Waals surface area contributed by atoms with E-state index in [0.29, 0.717) is 11.0 Å². The van der Waals surface area contributed by atoms with Crippen molar-refractivity contribution in [2.24, 2.45) is 0 Å². The van der Waals surface area contributed by atoms with Crippen LogP contribution in [0, 0.1) is 11.3 Å². The van der Waals surface area contributed by atoms with Crippen molar-refractivity contribution in [1.82, 2.24) is 4.90 Å². The van der Waals surface area contributed by atoms with Gasteiger partial charge in [-0.1, -0.05) is 0 Å². The first-order chi connectivity index (χ1) is 12.2. The van der Waals surface area contributed by atoms with Crippen LogP contribution in [-0.4, -0.2) is 42.7 Å². The van der Waals surface area contributed by atoms with Crippen LogP contribution in [0.5, 0.6) is 0 Å². The monoisotopic (exact) mass is 395 g/mol. The smallest absolute Gasteiger partial charge is 0.351 e. The molecule has 0 fully saturated rings. The number of nitriles is 1. The zero-order valence-electron chi connectivity index (χ0n) is 15.1. The van der Waals surface area contributed by atoms with Gasteiger partial charge in [-0.15, -0.1) is 0 Å². The fourth-order valence-corrected chi connectivity index (χ4v) is 2.37. The van der Waals surface area contributed by atoms with Crippen LogP contribution >= 0.6 is 0 Å². The van der Waals surface area contributed by atoms with E-state index in [1.807, 2.05) is 0 Å². The van der Waals surface area contributed by atoms with E-state index < -0.39 is 47.7 Å². The molecule has 0 N–H and O–H groups in total. The van der Waals surface area contributed by atoms with E-state index in [0.717, 1.165) is 12.1 Å². The highest BCUT2D eigenvalue weighted by atomic mass is 19.4. The van der Waals surface area contributed by atoms with Crippen molar-refractivity contribution in [2.45, 2.75) is 45.2 Å². The number of amides is 1. The van der Waals surface area contributed by atoms with Crippen LogP contribution in [0.1, 0.15) is 31.9 Å². The summed E-state index contributed by atoms with van der Waals surface area (Å²) in [7, 11) is 1.40. The average molecular weight is 395 g/mol. The Balaban J connectivity index is 3.45. The van der Waals surface area contributed by atoms with Gasteiger partial charge in [0.1, 0.15) is 12.6 Å². The molecule has 0 aliphatic carbocycles. The molecule has 0 unspecified atom stereocenters. The van der Waals surface area contributed by atoms with Crippen LogP contribution in [0.2, 0.25) is 0 Å². The van der Waals surface area contributed by atoms with Gasteiger partial charge in [-0.05, 0) is 39.0 Å². The third-order valence-corrected chi connectivity index (χ3v) is 4.06. The maximum absolute atomic E-state index is 13.1. The second-order valence-corrected chi connectivity index (χ2v) is 6.30. The molecule has 0 saturated heterocycles. The normalized spacial score (nSPS) is 13.3. The van der Waals surface area contributed by atoms with E-state index in [-0.39, 0.29) is 6.04 Å². The molecular formula is C17H19F6N3O. The van der Waals surface area contributed by atoms with E-state index in [4.69, 9.17) is 5.26 Å². The number of benzene rings is 1. The summed E-state index contributed by atoms with van der Waals surface area (Å²) < 4.78 is 78.5. The predicted octanol–water partition coefficient (Wildman–Crippen LogP) is 4.20. The van der Waals surface area contributed by atoms with Crippen LogP contribution in [0.15, 0.2) is 18.2 Å². The zero-order chi connectivity index (χ0) is 21.2. The Kier molecular flexibility index (Phi) is 6.75. The van der Waals surface area contributed by atoms with Crippen LogP contribution in [0.4, 0.5) is 32.0 Å². The molecule has 0 saturated carbocycles. The minimum atomic E-state index is -4.92. The van der Waals surface area contributed by atoms with Crippen LogP contribution < -0.4 is 4.90 Å². The second kappa shape index (κ2) is 8.06. The standard InChI is InChI=1S/C17H19F6N3O/c1-10(2)25(4)15(27)11(3)26(9-16(18,19)20)13-6-5-12(8-24)14(7-13)17(21,22)23/h5-7,10-11H,9H2,1-4H3/t11-/m0/s1. The van der Waals surface area contributed by atoms with Gasteiger partial charge in [0, 0.05) is 18.8 Å². The SMILES string of the molecule is CC(C)N(C)C(=O)[C@H](C)N(CC(F)(F)F)c1ccc(C#N)c(C(F)(F)F)c1. The molecule has 0 heterocycles. The molecule has 1 aromatic carbocycles. The average Bonchev–Trinajstić information content (AvgIpc) is 2.55. The van der Waals surface area contributed by atoms with Gasteiger partial charge >= 0.3 is 12.4 Å². The number of likely N-dealkylation sites (N-methyl/N-ethyl adjacent to an activating group) is 1. The number of nitrogens with zero attached hydrogens (tertiary/aromatic N) is 3. The largest absolute Gasteiger partial charge is 0.417 e. The van der Waals surface area contributed by atoms with Crippen molar-refractivity contribution in [3.05, 3.63) is 29.3 Å². The van der Waals surface area contributed by atoms with Crippen molar-refractivity contribution in [1.29, 1.82) is 5.26 Å². The molecule has 150 valence electrons. The molecule has 4 nitrogen and oxygen atoms in total. The maximum Gasteiger partial charge on any atom is 0.417 e. The van der Waals surface area contributed by atoms with Crippen molar-refractivity contribution < 1.29 is 31.1 Å². The van der Waals surface area contributed by atoms with Crippen LogP contribution in [-0.2, 0) is 11.0 Å². The van der Waals surface area contributed by atoms with Crippen molar-refractivity contribution in [3.8, 4) is 6.07 Å². The summed E-state index contributed by atoms with van der Waals surface area (Å²) in [5.41, 5.74) is -2.51. The zero-order valence-corrected chi connectivity index (χ0v) is 15.1. The highest BCUT2D eigenvalue weighted by Gasteiger charge is 2.38. The predicted molar refractivity (Wildman–Crippen MR) is 86.9 cm³/mol. The van der Waals surface area contributed by atoms with E-state index in [2.05, 4.69) is 0 Å². The van der Waals surface area contributed by atoms with Gasteiger partial charge in [-0.3, -0.25) is 4.79 Å². The molecule has 10 heteroatoms. The number of hydrogen-bond donors (Lipinski definition) is 0. The molecule has 0 aliphatic rings. The van der Waals surface area contributed by atoms with Crippen molar-refractivity contribution in [3.63, 3.8) is 0 Å². The summed E-state index contributed by atoms with van der Waals surface area (Å²) in [5, 5.41) is 8.82. The Morgan fingerprint density at radius 2 is 1.70 bits per heavy atom. The third kappa shape index (κ3) is 5.77. The first kappa shape index (κ1) is 22.6. The molecular weight excluding hydrogens is 376 g/mol. The molecule has 0 spiro atoms. The lowest BCUT2D eigenvalue weighted by molar-refractivity contribution is -0.137. The van der Waals surface area contributed by atoms with Gasteiger partial charge < -0.3 is 9.80 Å². The molecule has 1 atom stereocenters. The summed E-state index contributed by atoms with van der Waals surface area (Å²) in [6.45, 7) is 2.89. The van der Waals surface area contributed by atoms with Crippen molar-refractivity contribution in [2.75, 3.05) is 18.5 Å². The lowest BCUT2D eigenvalue weighted by Gasteiger charge is -2.35. The van der Waals surface area contributed by atoms with E-state index in [1.165, 1.54) is 24.9 Å². The number of halogens is 6. The lowest BCUT2D eigenvalue weighted by Crippen LogP contribution is -2.50. The maximum atomic E-state index is 13.1. The molecule has 0 radical (unpaired) electrons. The number of alkyl halides is 6. The summed E-state index contributed by atoms with van der Waals surface area (Å²) in [6, 6.07) is 1.92. The summed E-state index contributed by atoms with van der Waals surface area (Å²) >= 11 is 0. The van der Waals surface area contributed by atoms with E-state index >= 15 is 0 Å².